The van der Waals surface area contributed by atoms with Crippen LogP contribution in [-0.4, -0.2) is 58.0 Å². The molecule has 1 saturated heterocycles. The number of thiazole rings is 1. The van der Waals surface area contributed by atoms with Crippen LogP contribution >= 0.6 is 11.3 Å². The molecule has 0 atom stereocenters. The van der Waals surface area contributed by atoms with Gasteiger partial charge in [-0.3, -0.25) is 14.4 Å². The summed E-state index contributed by atoms with van der Waals surface area (Å²) in [7, 11) is 1.53. The van der Waals surface area contributed by atoms with Crippen LogP contribution < -0.4 is 21.1 Å². The SMILES string of the molecule is COc1c(Nc2cc(NC(=O)C3CC3)nnc2C(N)=O)cccc1-c1ncc(C(=O)N2CCCCC2)s1. The predicted molar refractivity (Wildman–Crippen MR) is 139 cm³/mol. The third-order valence-corrected chi connectivity index (χ3v) is 7.32. The lowest BCUT2D eigenvalue weighted by atomic mass is 10.1. The van der Waals surface area contributed by atoms with Gasteiger partial charge < -0.3 is 26.0 Å². The smallest absolute Gasteiger partial charge is 0.271 e. The molecule has 0 spiro atoms. The number of nitrogens with zero attached hydrogens (tertiary/aromatic N) is 4. The quantitative estimate of drug-likeness (QED) is 0.408. The molecule has 1 aliphatic carbocycles. The van der Waals surface area contributed by atoms with Crippen molar-refractivity contribution in [2.45, 2.75) is 32.1 Å². The molecule has 0 radical (unpaired) electrons. The van der Waals surface area contributed by atoms with Crippen molar-refractivity contribution in [3.63, 3.8) is 0 Å². The number of rotatable bonds is 8. The molecule has 2 aliphatic rings. The second-order valence-corrected chi connectivity index (χ2v) is 10.0. The van der Waals surface area contributed by atoms with E-state index in [0.29, 0.717) is 26.9 Å². The Bertz CT molecular complexity index is 1350. The summed E-state index contributed by atoms with van der Waals surface area (Å²) >= 11 is 1.30. The predicted octanol–water partition coefficient (Wildman–Crippen LogP) is 3.43. The van der Waals surface area contributed by atoms with Crippen molar-refractivity contribution in [2.75, 3.05) is 30.8 Å². The van der Waals surface area contributed by atoms with Gasteiger partial charge in [0.15, 0.2) is 17.3 Å². The van der Waals surface area contributed by atoms with E-state index in [2.05, 4.69) is 25.8 Å². The van der Waals surface area contributed by atoms with Crippen molar-refractivity contribution < 1.29 is 19.1 Å². The number of amides is 3. The number of ether oxygens (including phenoxy) is 1. The summed E-state index contributed by atoms with van der Waals surface area (Å²) in [5.74, 6) is -0.261. The second-order valence-electron chi connectivity index (χ2n) is 9.01. The van der Waals surface area contributed by atoms with Crippen LogP contribution in [0.3, 0.4) is 0 Å². The number of carbonyl (C=O) groups is 3. The molecule has 2 fully saturated rings. The number of carbonyl (C=O) groups excluding carboxylic acids is 3. The number of aromatic nitrogens is 3. The highest BCUT2D eigenvalue weighted by molar-refractivity contribution is 7.17. The molecule has 1 saturated carbocycles. The first kappa shape index (κ1) is 24.6. The highest BCUT2D eigenvalue weighted by Gasteiger charge is 2.30. The maximum atomic E-state index is 12.9. The summed E-state index contributed by atoms with van der Waals surface area (Å²) in [4.78, 5) is 44.1. The van der Waals surface area contributed by atoms with E-state index >= 15 is 0 Å². The number of likely N-dealkylation sites (tertiary alicyclic amines) is 1. The largest absolute Gasteiger partial charge is 0.494 e. The van der Waals surface area contributed by atoms with Crippen LogP contribution in [0.4, 0.5) is 17.2 Å². The van der Waals surface area contributed by atoms with Crippen LogP contribution in [0.15, 0.2) is 30.5 Å². The number of anilines is 3. The zero-order valence-corrected chi connectivity index (χ0v) is 21.1. The third-order valence-electron chi connectivity index (χ3n) is 6.31. The number of hydrogen-bond donors (Lipinski definition) is 3. The number of nitrogens with two attached hydrogens (primary N) is 1. The molecule has 5 rings (SSSR count). The van der Waals surface area contributed by atoms with Crippen LogP contribution in [0.25, 0.3) is 10.6 Å². The molecule has 2 aromatic heterocycles. The molecule has 4 N–H and O–H groups in total. The lowest BCUT2D eigenvalue weighted by Crippen LogP contribution is -2.35. The van der Waals surface area contributed by atoms with Crippen molar-refractivity contribution >= 4 is 46.3 Å². The Morgan fingerprint density at radius 3 is 2.59 bits per heavy atom. The van der Waals surface area contributed by atoms with Crippen molar-refractivity contribution in [1.82, 2.24) is 20.1 Å². The van der Waals surface area contributed by atoms with Gasteiger partial charge in [-0.1, -0.05) is 6.07 Å². The summed E-state index contributed by atoms with van der Waals surface area (Å²) in [6.07, 6.45) is 6.46. The van der Waals surface area contributed by atoms with E-state index < -0.39 is 5.91 Å². The minimum atomic E-state index is -0.772. The Balaban J connectivity index is 1.43. The minimum Gasteiger partial charge on any atom is -0.494 e. The number of methoxy groups -OCH3 is 1. The molecule has 192 valence electrons. The molecular formula is C25H27N7O4S. The van der Waals surface area contributed by atoms with E-state index in [1.807, 2.05) is 17.0 Å². The Morgan fingerprint density at radius 1 is 1.11 bits per heavy atom. The van der Waals surface area contributed by atoms with Gasteiger partial charge >= 0.3 is 0 Å². The van der Waals surface area contributed by atoms with E-state index in [-0.39, 0.29) is 34.9 Å². The Labute approximate surface area is 217 Å². The topological polar surface area (TPSA) is 152 Å². The highest BCUT2D eigenvalue weighted by atomic mass is 32.1. The van der Waals surface area contributed by atoms with Gasteiger partial charge in [0.25, 0.3) is 11.8 Å². The standard InChI is InChI=1S/C25H27N7O4S/c1-36-21-15(24-27-13-18(37-24)25(35)32-10-3-2-4-11-32)6-5-7-16(21)28-17-12-19(29-23(34)14-8-9-14)30-31-20(17)22(26)33/h5-7,12-14H,2-4,8-11H2,1H3,(H2,26,33)(H2,28,29,30,34). The van der Waals surface area contributed by atoms with Crippen LogP contribution in [0, 0.1) is 5.92 Å². The first-order valence-electron chi connectivity index (χ1n) is 12.1. The zero-order valence-electron chi connectivity index (χ0n) is 20.3. The third kappa shape index (κ3) is 5.38. The average molecular weight is 522 g/mol. The molecule has 12 heteroatoms. The van der Waals surface area contributed by atoms with E-state index in [4.69, 9.17) is 10.5 Å². The molecular weight excluding hydrogens is 494 g/mol. The summed E-state index contributed by atoms with van der Waals surface area (Å²) in [6.45, 7) is 1.53. The fourth-order valence-electron chi connectivity index (χ4n) is 4.22. The van der Waals surface area contributed by atoms with Gasteiger partial charge in [-0.15, -0.1) is 21.5 Å². The van der Waals surface area contributed by atoms with E-state index in [1.54, 1.807) is 12.3 Å². The zero-order chi connectivity index (χ0) is 25.9. The van der Waals surface area contributed by atoms with Gasteiger partial charge in [0.05, 0.1) is 30.2 Å². The van der Waals surface area contributed by atoms with Gasteiger partial charge in [-0.2, -0.15) is 0 Å². The fourth-order valence-corrected chi connectivity index (χ4v) is 5.13. The molecule has 1 aromatic carbocycles. The van der Waals surface area contributed by atoms with Crippen molar-refractivity contribution in [3.8, 4) is 16.3 Å². The number of hydrogen-bond acceptors (Lipinski definition) is 9. The number of nitrogens with one attached hydrogen (secondary N) is 2. The molecule has 1 aliphatic heterocycles. The lowest BCUT2D eigenvalue weighted by molar-refractivity contribution is -0.117. The Hall–Kier alpha value is -4.06. The number of benzene rings is 1. The molecule has 3 amide bonds. The fraction of sp³-hybridized carbons (Fsp3) is 0.360. The average Bonchev–Trinajstić information content (AvgIpc) is 3.65. The van der Waals surface area contributed by atoms with Crippen LogP contribution in [0.1, 0.15) is 52.3 Å². The second kappa shape index (κ2) is 10.5. The van der Waals surface area contributed by atoms with Gasteiger partial charge in [-0.25, -0.2) is 4.98 Å². The summed E-state index contributed by atoms with van der Waals surface area (Å²) in [5, 5.41) is 14.3. The first-order valence-corrected chi connectivity index (χ1v) is 12.9. The molecule has 0 bridgehead atoms. The number of primary amides is 1. The van der Waals surface area contributed by atoms with E-state index in [0.717, 1.165) is 45.2 Å². The molecule has 3 heterocycles. The highest BCUT2D eigenvalue weighted by Crippen LogP contribution is 2.40. The maximum Gasteiger partial charge on any atom is 0.271 e. The van der Waals surface area contributed by atoms with E-state index in [9.17, 15) is 14.4 Å². The summed E-state index contributed by atoms with van der Waals surface area (Å²) < 4.78 is 5.71. The number of para-hydroxylation sites is 1. The van der Waals surface area contributed by atoms with E-state index in [1.165, 1.54) is 24.5 Å². The summed E-state index contributed by atoms with van der Waals surface area (Å²) in [5.41, 5.74) is 6.91. The molecule has 3 aromatic rings. The molecule has 11 nitrogen and oxygen atoms in total. The van der Waals surface area contributed by atoms with Crippen LogP contribution in [0.2, 0.25) is 0 Å². The van der Waals surface area contributed by atoms with Crippen molar-refractivity contribution in [2.24, 2.45) is 11.7 Å². The van der Waals surface area contributed by atoms with Gasteiger partial charge in [0, 0.05) is 25.1 Å². The van der Waals surface area contributed by atoms with Crippen molar-refractivity contribution in [3.05, 3.63) is 41.0 Å². The summed E-state index contributed by atoms with van der Waals surface area (Å²) in [6, 6.07) is 6.93. The number of piperidine rings is 1. The van der Waals surface area contributed by atoms with Crippen LogP contribution in [-0.2, 0) is 4.79 Å². The van der Waals surface area contributed by atoms with Gasteiger partial charge in [0.1, 0.15) is 9.88 Å². The normalized spacial score (nSPS) is 15.2. The monoisotopic (exact) mass is 521 g/mol. The molecule has 37 heavy (non-hydrogen) atoms. The van der Waals surface area contributed by atoms with Gasteiger partial charge in [0.2, 0.25) is 5.91 Å². The first-order chi connectivity index (χ1) is 17.9. The minimum absolute atomic E-state index is 0.00793. The molecule has 0 unspecified atom stereocenters. The Morgan fingerprint density at radius 2 is 1.89 bits per heavy atom. The Kier molecular flexibility index (Phi) is 6.99. The van der Waals surface area contributed by atoms with Crippen LogP contribution in [0.5, 0.6) is 5.75 Å². The maximum absolute atomic E-state index is 12.9. The lowest BCUT2D eigenvalue weighted by Gasteiger charge is -2.25. The van der Waals surface area contributed by atoms with Gasteiger partial charge in [-0.05, 0) is 44.2 Å². The van der Waals surface area contributed by atoms with Crippen molar-refractivity contribution in [1.29, 1.82) is 0 Å².